The van der Waals surface area contributed by atoms with Crippen molar-refractivity contribution >= 4 is 21.8 Å². The van der Waals surface area contributed by atoms with E-state index in [4.69, 9.17) is 0 Å². The second kappa shape index (κ2) is 9.09. The van der Waals surface area contributed by atoms with Crippen LogP contribution in [0.25, 0.3) is 0 Å². The molecule has 150 valence electrons. The third-order valence-electron chi connectivity index (χ3n) is 5.06. The number of benzene rings is 1. The van der Waals surface area contributed by atoms with Crippen molar-refractivity contribution in [2.75, 3.05) is 51.1 Å². The van der Waals surface area contributed by atoms with Gasteiger partial charge in [-0.05, 0) is 25.0 Å². The Balaban J connectivity index is 1.49. The molecule has 0 bridgehead atoms. The Labute approximate surface area is 160 Å². The molecule has 0 spiro atoms. The van der Waals surface area contributed by atoms with Crippen LogP contribution in [0.5, 0.6) is 0 Å². The summed E-state index contributed by atoms with van der Waals surface area (Å²) in [7, 11) is -3.42. The number of nitrogens with one attached hydrogen (secondary N) is 1. The molecule has 2 saturated heterocycles. The molecule has 2 fully saturated rings. The van der Waals surface area contributed by atoms with Crippen LogP contribution in [0, 0.1) is 5.82 Å². The highest BCUT2D eigenvalue weighted by atomic mass is 32.2. The number of carbonyl (C=O) groups is 1. The van der Waals surface area contributed by atoms with Crippen LogP contribution in [-0.2, 0) is 15.0 Å². The summed E-state index contributed by atoms with van der Waals surface area (Å²) in [6.45, 7) is 3.00. The van der Waals surface area contributed by atoms with Crippen molar-refractivity contribution in [3.8, 4) is 0 Å². The van der Waals surface area contributed by atoms with Gasteiger partial charge in [0.15, 0.2) is 0 Å². The van der Waals surface area contributed by atoms with E-state index in [1.54, 1.807) is 16.4 Å². The summed E-state index contributed by atoms with van der Waals surface area (Å²) >= 11 is 0. The third-order valence-corrected chi connectivity index (χ3v) is 7.10. The van der Waals surface area contributed by atoms with E-state index in [0.29, 0.717) is 39.3 Å². The molecule has 1 N–H and O–H groups in total. The second-order valence-electron chi connectivity index (χ2n) is 7.02. The van der Waals surface area contributed by atoms with Gasteiger partial charge in [-0.3, -0.25) is 9.69 Å². The average Bonchev–Trinajstić information content (AvgIpc) is 2.94. The lowest BCUT2D eigenvalue weighted by atomic mass is 10.2. The van der Waals surface area contributed by atoms with Gasteiger partial charge in [-0.1, -0.05) is 25.0 Å². The summed E-state index contributed by atoms with van der Waals surface area (Å²) in [6.07, 6.45) is 3.98. The first-order valence-corrected chi connectivity index (χ1v) is 10.9. The largest absolute Gasteiger partial charge is 0.322 e. The first kappa shape index (κ1) is 20.2. The zero-order valence-electron chi connectivity index (χ0n) is 15.4. The molecule has 3 rings (SSSR count). The molecule has 2 aliphatic rings. The SMILES string of the molecule is O=C(CN1CCN(S(=O)(=O)N2CCCCCC2)CC1)Nc1ccccc1F. The van der Waals surface area contributed by atoms with E-state index in [1.807, 2.05) is 4.90 Å². The van der Waals surface area contributed by atoms with Crippen molar-refractivity contribution in [1.82, 2.24) is 13.5 Å². The summed E-state index contributed by atoms with van der Waals surface area (Å²) in [5.74, 6) is -0.775. The van der Waals surface area contributed by atoms with E-state index in [9.17, 15) is 17.6 Å². The highest BCUT2D eigenvalue weighted by Gasteiger charge is 2.32. The molecular weight excluding hydrogens is 371 g/mol. The topological polar surface area (TPSA) is 73.0 Å². The molecule has 1 aromatic carbocycles. The molecule has 0 atom stereocenters. The Morgan fingerprint density at radius 3 is 2.15 bits per heavy atom. The Hall–Kier alpha value is -1.55. The minimum Gasteiger partial charge on any atom is -0.322 e. The zero-order valence-corrected chi connectivity index (χ0v) is 16.3. The van der Waals surface area contributed by atoms with Gasteiger partial charge >= 0.3 is 0 Å². The lowest BCUT2D eigenvalue weighted by Crippen LogP contribution is -2.54. The number of piperazine rings is 1. The first-order chi connectivity index (χ1) is 13.0. The lowest BCUT2D eigenvalue weighted by Gasteiger charge is -2.36. The van der Waals surface area contributed by atoms with Gasteiger partial charge in [0.2, 0.25) is 5.91 Å². The van der Waals surface area contributed by atoms with Gasteiger partial charge in [-0.25, -0.2) is 4.39 Å². The van der Waals surface area contributed by atoms with Crippen LogP contribution in [-0.4, -0.2) is 73.6 Å². The maximum atomic E-state index is 13.6. The van der Waals surface area contributed by atoms with Crippen LogP contribution >= 0.6 is 0 Å². The van der Waals surface area contributed by atoms with E-state index < -0.39 is 16.0 Å². The van der Waals surface area contributed by atoms with Crippen molar-refractivity contribution < 1.29 is 17.6 Å². The Kier molecular flexibility index (Phi) is 6.80. The summed E-state index contributed by atoms with van der Waals surface area (Å²) in [5, 5.41) is 2.56. The predicted octanol–water partition coefficient (Wildman–Crippen LogP) is 1.50. The lowest BCUT2D eigenvalue weighted by molar-refractivity contribution is -0.117. The molecule has 9 heteroatoms. The van der Waals surface area contributed by atoms with Crippen molar-refractivity contribution in [2.24, 2.45) is 0 Å². The van der Waals surface area contributed by atoms with Gasteiger partial charge in [0.05, 0.1) is 12.2 Å². The molecule has 0 saturated carbocycles. The molecule has 0 aromatic heterocycles. The number of nitrogens with zero attached hydrogens (tertiary/aromatic N) is 3. The summed E-state index contributed by atoms with van der Waals surface area (Å²) in [6, 6.07) is 6.03. The summed E-state index contributed by atoms with van der Waals surface area (Å²) < 4.78 is 42.4. The smallest absolute Gasteiger partial charge is 0.282 e. The van der Waals surface area contributed by atoms with Gasteiger partial charge in [0.25, 0.3) is 10.2 Å². The van der Waals surface area contributed by atoms with Gasteiger partial charge in [-0.15, -0.1) is 0 Å². The number of halogens is 1. The zero-order chi connectivity index (χ0) is 19.3. The van der Waals surface area contributed by atoms with Crippen LogP contribution in [0.4, 0.5) is 10.1 Å². The van der Waals surface area contributed by atoms with Crippen molar-refractivity contribution in [2.45, 2.75) is 25.7 Å². The van der Waals surface area contributed by atoms with Crippen LogP contribution in [0.15, 0.2) is 24.3 Å². The number of hydrogen-bond donors (Lipinski definition) is 1. The molecular formula is C18H27FN4O3S. The summed E-state index contributed by atoms with van der Waals surface area (Å²) in [5.41, 5.74) is 0.157. The van der Waals surface area contributed by atoms with E-state index in [1.165, 1.54) is 16.4 Å². The van der Waals surface area contributed by atoms with Crippen molar-refractivity contribution in [3.63, 3.8) is 0 Å². The van der Waals surface area contributed by atoms with Crippen molar-refractivity contribution in [1.29, 1.82) is 0 Å². The van der Waals surface area contributed by atoms with Crippen LogP contribution in [0.3, 0.4) is 0 Å². The molecule has 2 aliphatic heterocycles. The fraction of sp³-hybridized carbons (Fsp3) is 0.611. The molecule has 2 heterocycles. The molecule has 7 nitrogen and oxygen atoms in total. The number of carbonyl (C=O) groups excluding carboxylic acids is 1. The molecule has 1 amide bonds. The first-order valence-electron chi connectivity index (χ1n) is 9.49. The van der Waals surface area contributed by atoms with E-state index >= 15 is 0 Å². The van der Waals surface area contributed by atoms with Crippen LogP contribution in [0.2, 0.25) is 0 Å². The highest BCUT2D eigenvalue weighted by molar-refractivity contribution is 7.86. The standard InChI is InChI=1S/C18H27FN4O3S/c19-16-7-3-4-8-17(16)20-18(24)15-21-11-13-23(14-12-21)27(25,26)22-9-5-1-2-6-10-22/h3-4,7-8H,1-2,5-6,9-15H2,(H,20,24). The molecule has 0 radical (unpaired) electrons. The van der Waals surface area contributed by atoms with Crippen molar-refractivity contribution in [3.05, 3.63) is 30.1 Å². The van der Waals surface area contributed by atoms with Gasteiger partial charge < -0.3 is 5.32 Å². The number of rotatable bonds is 5. The van der Waals surface area contributed by atoms with E-state index in [2.05, 4.69) is 5.32 Å². The minimum absolute atomic E-state index is 0.117. The molecule has 0 unspecified atom stereocenters. The molecule has 0 aliphatic carbocycles. The Morgan fingerprint density at radius 1 is 0.926 bits per heavy atom. The number of amides is 1. The number of anilines is 1. The number of hydrogen-bond acceptors (Lipinski definition) is 4. The van der Waals surface area contributed by atoms with E-state index in [0.717, 1.165) is 25.7 Å². The van der Waals surface area contributed by atoms with Gasteiger partial charge in [-0.2, -0.15) is 17.0 Å². The maximum absolute atomic E-state index is 13.6. The fourth-order valence-corrected chi connectivity index (χ4v) is 5.18. The van der Waals surface area contributed by atoms with Gasteiger partial charge in [0, 0.05) is 39.3 Å². The van der Waals surface area contributed by atoms with Crippen LogP contribution in [0.1, 0.15) is 25.7 Å². The van der Waals surface area contributed by atoms with Crippen LogP contribution < -0.4 is 5.32 Å². The highest BCUT2D eigenvalue weighted by Crippen LogP contribution is 2.18. The molecule has 1 aromatic rings. The average molecular weight is 399 g/mol. The Bertz CT molecular complexity index is 743. The van der Waals surface area contributed by atoms with E-state index in [-0.39, 0.29) is 18.1 Å². The molecule has 27 heavy (non-hydrogen) atoms. The number of para-hydroxylation sites is 1. The minimum atomic E-state index is -3.42. The quantitative estimate of drug-likeness (QED) is 0.816. The third kappa shape index (κ3) is 5.25. The predicted molar refractivity (Wildman–Crippen MR) is 102 cm³/mol. The fourth-order valence-electron chi connectivity index (χ4n) is 3.51. The van der Waals surface area contributed by atoms with Gasteiger partial charge in [0.1, 0.15) is 5.82 Å². The second-order valence-corrected chi connectivity index (χ2v) is 8.95. The normalized spacial score (nSPS) is 20.9. The summed E-state index contributed by atoms with van der Waals surface area (Å²) in [4.78, 5) is 14.0. The monoisotopic (exact) mass is 398 g/mol. The maximum Gasteiger partial charge on any atom is 0.282 e. The Morgan fingerprint density at radius 2 is 1.52 bits per heavy atom.